The Bertz CT molecular complexity index is 1290. The number of aromatic nitrogens is 1. The minimum Gasteiger partial charge on any atom is -0.484 e. The van der Waals surface area contributed by atoms with Crippen LogP contribution in [0.15, 0.2) is 53.1 Å². The van der Waals surface area contributed by atoms with Crippen molar-refractivity contribution < 1.29 is 18.7 Å². The van der Waals surface area contributed by atoms with Crippen molar-refractivity contribution in [2.45, 2.75) is 51.7 Å². The number of fused-ring (bicyclic) bond motifs is 1. The maximum Gasteiger partial charge on any atom is 0.273 e. The van der Waals surface area contributed by atoms with Gasteiger partial charge in [0.25, 0.3) is 5.91 Å². The molecular weight excluding hydrogens is 454 g/mol. The van der Waals surface area contributed by atoms with Gasteiger partial charge in [-0.2, -0.15) is 0 Å². The molecule has 1 aromatic heterocycles. The van der Waals surface area contributed by atoms with Crippen molar-refractivity contribution in [3.8, 4) is 5.75 Å². The molecule has 0 spiro atoms. The van der Waals surface area contributed by atoms with E-state index in [1.165, 1.54) is 30.2 Å². The molecule has 2 amide bonds. The highest BCUT2D eigenvalue weighted by molar-refractivity contribution is 5.91. The molecule has 2 aliphatic carbocycles. The lowest BCUT2D eigenvalue weighted by Gasteiger charge is -2.38. The maximum atomic E-state index is 13.2. The summed E-state index contributed by atoms with van der Waals surface area (Å²) in [6.45, 7) is 3.61. The molecule has 0 saturated heterocycles. The van der Waals surface area contributed by atoms with E-state index in [0.29, 0.717) is 24.1 Å². The van der Waals surface area contributed by atoms with Crippen molar-refractivity contribution in [1.82, 2.24) is 15.2 Å². The van der Waals surface area contributed by atoms with E-state index in [1.807, 2.05) is 12.1 Å². The molecule has 6 rings (SSSR count). The van der Waals surface area contributed by atoms with E-state index in [2.05, 4.69) is 52.5 Å². The Hall–Kier alpha value is -3.61. The summed E-state index contributed by atoms with van der Waals surface area (Å²) in [5, 5.41) is 2.90. The number of rotatable bonds is 8. The van der Waals surface area contributed by atoms with Gasteiger partial charge >= 0.3 is 0 Å². The Morgan fingerprint density at radius 2 is 2.00 bits per heavy atom. The molecule has 0 unspecified atom stereocenters. The standard InChI is InChI=1S/C29H31N3O4/c1-18-3-2-4-22(13-18)27-24-14-23(10-9-20(24)11-12-32(27)29(34)21-7-8-21)35-17-26-31-25(16-36-26)28(33)30-15-19-5-6-19/h2-4,9-10,13-14,16,19,21,27H,5-8,11-12,15,17H2,1H3,(H,30,33)/t27-/m0/s1. The first-order valence-corrected chi connectivity index (χ1v) is 12.9. The van der Waals surface area contributed by atoms with Crippen LogP contribution < -0.4 is 10.1 Å². The van der Waals surface area contributed by atoms with E-state index in [4.69, 9.17) is 9.15 Å². The zero-order valence-electron chi connectivity index (χ0n) is 20.5. The lowest BCUT2D eigenvalue weighted by atomic mass is 9.87. The highest BCUT2D eigenvalue weighted by Gasteiger charge is 2.39. The average molecular weight is 486 g/mol. The number of carbonyl (C=O) groups excluding carboxylic acids is 2. The van der Waals surface area contributed by atoms with E-state index in [1.54, 1.807) is 0 Å². The highest BCUT2D eigenvalue weighted by Crippen LogP contribution is 2.41. The molecule has 1 atom stereocenters. The summed E-state index contributed by atoms with van der Waals surface area (Å²) in [7, 11) is 0. The Morgan fingerprint density at radius 3 is 2.78 bits per heavy atom. The van der Waals surface area contributed by atoms with Crippen molar-refractivity contribution >= 4 is 11.8 Å². The normalized spacial score (nSPS) is 19.0. The fourth-order valence-corrected chi connectivity index (χ4v) is 4.96. The number of hydrogen-bond donors (Lipinski definition) is 1. The smallest absolute Gasteiger partial charge is 0.273 e. The molecule has 0 bridgehead atoms. The van der Waals surface area contributed by atoms with Crippen molar-refractivity contribution in [2.24, 2.45) is 11.8 Å². The first kappa shape index (κ1) is 22.8. The van der Waals surface area contributed by atoms with E-state index >= 15 is 0 Å². The minimum atomic E-state index is -0.216. The maximum absolute atomic E-state index is 13.2. The average Bonchev–Trinajstić information content (AvgIpc) is 3.83. The Morgan fingerprint density at radius 1 is 1.14 bits per heavy atom. The highest BCUT2D eigenvalue weighted by atomic mass is 16.5. The van der Waals surface area contributed by atoms with Gasteiger partial charge in [-0.1, -0.05) is 35.9 Å². The predicted octanol–water partition coefficient (Wildman–Crippen LogP) is 4.59. The number of nitrogens with one attached hydrogen (secondary N) is 1. The Balaban J connectivity index is 1.21. The van der Waals surface area contributed by atoms with Gasteiger partial charge in [0, 0.05) is 19.0 Å². The number of hydrogen-bond acceptors (Lipinski definition) is 5. The van der Waals surface area contributed by atoms with E-state index in [0.717, 1.165) is 36.9 Å². The quantitative estimate of drug-likeness (QED) is 0.505. The fourth-order valence-electron chi connectivity index (χ4n) is 4.96. The number of amides is 2. The molecule has 186 valence electrons. The number of benzene rings is 2. The molecule has 36 heavy (non-hydrogen) atoms. The Kier molecular flexibility index (Phi) is 5.99. The summed E-state index contributed by atoms with van der Waals surface area (Å²) in [5.41, 5.74) is 4.90. The molecule has 2 saturated carbocycles. The molecule has 3 aromatic rings. The molecule has 2 heterocycles. The minimum absolute atomic E-state index is 0.120. The van der Waals surface area contributed by atoms with Gasteiger partial charge in [0.05, 0.1) is 6.04 Å². The van der Waals surface area contributed by atoms with Crippen LogP contribution in [0.3, 0.4) is 0 Å². The van der Waals surface area contributed by atoms with Crippen molar-refractivity contribution in [2.75, 3.05) is 13.1 Å². The summed E-state index contributed by atoms with van der Waals surface area (Å²) < 4.78 is 11.5. The molecule has 1 aliphatic heterocycles. The third-order valence-corrected chi connectivity index (χ3v) is 7.31. The molecular formula is C29H31N3O4. The first-order valence-electron chi connectivity index (χ1n) is 12.9. The second-order valence-corrected chi connectivity index (χ2v) is 10.3. The fraction of sp³-hybridized carbons (Fsp3) is 0.414. The number of carbonyl (C=O) groups is 2. The van der Waals surface area contributed by atoms with Gasteiger partial charge in [0.15, 0.2) is 12.3 Å². The monoisotopic (exact) mass is 485 g/mol. The van der Waals surface area contributed by atoms with Gasteiger partial charge < -0.3 is 19.4 Å². The van der Waals surface area contributed by atoms with Crippen LogP contribution in [-0.2, 0) is 17.8 Å². The lowest BCUT2D eigenvalue weighted by Crippen LogP contribution is -2.41. The van der Waals surface area contributed by atoms with Crippen LogP contribution in [0, 0.1) is 18.8 Å². The van der Waals surface area contributed by atoms with E-state index in [9.17, 15) is 9.59 Å². The topological polar surface area (TPSA) is 84.7 Å². The van der Waals surface area contributed by atoms with Crippen molar-refractivity contribution in [3.05, 3.63) is 82.6 Å². The molecule has 1 N–H and O–H groups in total. The zero-order valence-corrected chi connectivity index (χ0v) is 20.5. The first-order chi connectivity index (χ1) is 17.5. The van der Waals surface area contributed by atoms with Crippen molar-refractivity contribution in [1.29, 1.82) is 0 Å². The van der Waals surface area contributed by atoms with E-state index < -0.39 is 0 Å². The van der Waals surface area contributed by atoms with Crippen LogP contribution in [0.2, 0.25) is 0 Å². The SMILES string of the molecule is Cc1cccc([C@H]2c3cc(OCc4nc(C(=O)NCC5CC5)co4)ccc3CCN2C(=O)C2CC2)c1. The van der Waals surface area contributed by atoms with Crippen LogP contribution in [0.1, 0.15) is 70.4 Å². The second-order valence-electron chi connectivity index (χ2n) is 10.3. The van der Waals surface area contributed by atoms with Crippen LogP contribution in [0.25, 0.3) is 0 Å². The molecule has 0 radical (unpaired) electrons. The van der Waals surface area contributed by atoms with Crippen LogP contribution in [-0.4, -0.2) is 34.8 Å². The molecule has 2 aromatic carbocycles. The lowest BCUT2D eigenvalue weighted by molar-refractivity contribution is -0.134. The van der Waals surface area contributed by atoms with Crippen LogP contribution in [0.4, 0.5) is 0 Å². The summed E-state index contributed by atoms with van der Waals surface area (Å²) in [6.07, 6.45) is 6.54. The molecule has 7 heteroatoms. The summed E-state index contributed by atoms with van der Waals surface area (Å²) in [5.74, 6) is 1.85. The van der Waals surface area contributed by atoms with Crippen LogP contribution >= 0.6 is 0 Å². The number of aryl methyl sites for hydroxylation is 1. The Labute approximate surface area is 210 Å². The molecule has 7 nitrogen and oxygen atoms in total. The van der Waals surface area contributed by atoms with E-state index in [-0.39, 0.29) is 36.1 Å². The van der Waals surface area contributed by atoms with Crippen LogP contribution in [0.5, 0.6) is 5.75 Å². The summed E-state index contributed by atoms with van der Waals surface area (Å²) in [6, 6.07) is 14.4. The van der Waals surface area contributed by atoms with Gasteiger partial charge in [-0.3, -0.25) is 9.59 Å². The number of ether oxygens (including phenoxy) is 1. The predicted molar refractivity (Wildman–Crippen MR) is 133 cm³/mol. The number of oxazole rings is 1. The van der Waals surface area contributed by atoms with Gasteiger partial charge in [0.1, 0.15) is 12.0 Å². The number of nitrogens with zero attached hydrogens (tertiary/aromatic N) is 2. The van der Waals surface area contributed by atoms with Gasteiger partial charge in [-0.05, 0) is 73.8 Å². The molecule has 3 aliphatic rings. The third-order valence-electron chi connectivity index (χ3n) is 7.31. The summed E-state index contributed by atoms with van der Waals surface area (Å²) >= 11 is 0. The largest absolute Gasteiger partial charge is 0.484 e. The summed E-state index contributed by atoms with van der Waals surface area (Å²) in [4.78, 5) is 31.8. The zero-order chi connectivity index (χ0) is 24.6. The van der Waals surface area contributed by atoms with Gasteiger partial charge in [0.2, 0.25) is 11.8 Å². The van der Waals surface area contributed by atoms with Crippen molar-refractivity contribution in [3.63, 3.8) is 0 Å². The van der Waals surface area contributed by atoms with Gasteiger partial charge in [-0.25, -0.2) is 4.98 Å². The third kappa shape index (κ3) is 4.87. The van der Waals surface area contributed by atoms with Gasteiger partial charge in [-0.15, -0.1) is 0 Å². The second kappa shape index (κ2) is 9.45. The molecule has 2 fully saturated rings.